The fourth-order valence-corrected chi connectivity index (χ4v) is 1.29. The van der Waals surface area contributed by atoms with Crippen LogP contribution in [0.4, 0.5) is 10.1 Å². The molecule has 90 valence electrons. The summed E-state index contributed by atoms with van der Waals surface area (Å²) in [6.45, 7) is 3.74. The molecule has 0 aliphatic carbocycles. The third-order valence-electron chi connectivity index (χ3n) is 2.26. The molecule has 0 heterocycles. The number of carbonyl (C=O) groups is 1. The molecule has 1 aromatic rings. The van der Waals surface area contributed by atoms with Gasteiger partial charge in [-0.05, 0) is 24.6 Å². The standard InChI is InChI=1S/C13H15FN2O/c1-9-11(7-12(14)8-13(9)15)5-3-4-6-16-10(2)17/h7-8H,4,6,15H2,1-2H3,(H,16,17). The fraction of sp³-hybridized carbons (Fsp3) is 0.308. The van der Waals surface area contributed by atoms with Crippen LogP contribution in [0.2, 0.25) is 0 Å². The van der Waals surface area contributed by atoms with Gasteiger partial charge >= 0.3 is 0 Å². The molecule has 3 N–H and O–H groups in total. The minimum absolute atomic E-state index is 0.0852. The van der Waals surface area contributed by atoms with E-state index in [1.165, 1.54) is 19.1 Å². The minimum Gasteiger partial charge on any atom is -0.398 e. The molecule has 0 aliphatic heterocycles. The highest BCUT2D eigenvalue weighted by Crippen LogP contribution is 2.17. The van der Waals surface area contributed by atoms with Crippen molar-refractivity contribution >= 4 is 11.6 Å². The highest BCUT2D eigenvalue weighted by molar-refractivity contribution is 5.72. The van der Waals surface area contributed by atoms with E-state index in [0.29, 0.717) is 24.2 Å². The Kier molecular flexibility index (Phi) is 4.53. The third kappa shape index (κ3) is 4.15. The van der Waals surface area contributed by atoms with Gasteiger partial charge in [-0.15, -0.1) is 0 Å². The molecule has 3 nitrogen and oxygen atoms in total. The summed E-state index contributed by atoms with van der Waals surface area (Å²) in [5, 5.41) is 2.63. The van der Waals surface area contributed by atoms with Gasteiger partial charge in [-0.1, -0.05) is 11.8 Å². The molecule has 4 heteroatoms. The number of benzene rings is 1. The lowest BCUT2D eigenvalue weighted by Gasteiger charge is -2.02. The maximum absolute atomic E-state index is 13.1. The normalized spacial score (nSPS) is 9.35. The van der Waals surface area contributed by atoms with Crippen molar-refractivity contribution < 1.29 is 9.18 Å². The van der Waals surface area contributed by atoms with Crippen LogP contribution in [0.1, 0.15) is 24.5 Å². The summed E-state index contributed by atoms with van der Waals surface area (Å²) in [6.07, 6.45) is 0.523. The van der Waals surface area contributed by atoms with Crippen LogP contribution in [0.25, 0.3) is 0 Å². The molecule has 0 spiro atoms. The van der Waals surface area contributed by atoms with Crippen molar-refractivity contribution in [3.8, 4) is 11.8 Å². The molecular weight excluding hydrogens is 219 g/mol. The van der Waals surface area contributed by atoms with Gasteiger partial charge in [-0.25, -0.2) is 4.39 Å². The van der Waals surface area contributed by atoms with Crippen LogP contribution in [-0.4, -0.2) is 12.5 Å². The van der Waals surface area contributed by atoms with Crippen LogP contribution in [0.5, 0.6) is 0 Å². The first-order valence-electron chi connectivity index (χ1n) is 5.29. The number of amides is 1. The molecule has 0 unspecified atom stereocenters. The summed E-state index contributed by atoms with van der Waals surface area (Å²) >= 11 is 0. The van der Waals surface area contributed by atoms with E-state index in [0.717, 1.165) is 5.56 Å². The summed E-state index contributed by atoms with van der Waals surface area (Å²) in [5.74, 6) is 5.24. The second-order valence-corrected chi connectivity index (χ2v) is 3.70. The number of hydrogen-bond donors (Lipinski definition) is 2. The lowest BCUT2D eigenvalue weighted by atomic mass is 10.1. The van der Waals surface area contributed by atoms with Crippen LogP contribution >= 0.6 is 0 Å². The number of hydrogen-bond acceptors (Lipinski definition) is 2. The molecule has 1 amide bonds. The van der Waals surface area contributed by atoms with Crippen LogP contribution < -0.4 is 11.1 Å². The van der Waals surface area contributed by atoms with Crippen LogP contribution in [0, 0.1) is 24.6 Å². The second-order valence-electron chi connectivity index (χ2n) is 3.70. The topological polar surface area (TPSA) is 55.1 Å². The number of nitrogens with two attached hydrogens (primary N) is 1. The largest absolute Gasteiger partial charge is 0.398 e. The molecule has 17 heavy (non-hydrogen) atoms. The molecule has 0 fully saturated rings. The highest BCUT2D eigenvalue weighted by atomic mass is 19.1. The smallest absolute Gasteiger partial charge is 0.216 e. The molecule has 0 aromatic heterocycles. The molecule has 0 bridgehead atoms. The van der Waals surface area contributed by atoms with E-state index in [1.807, 2.05) is 0 Å². The van der Waals surface area contributed by atoms with Crippen LogP contribution in [-0.2, 0) is 4.79 Å². The average Bonchev–Trinajstić information content (AvgIpc) is 2.23. The summed E-state index contributed by atoms with van der Waals surface area (Å²) in [6, 6.07) is 2.63. The lowest BCUT2D eigenvalue weighted by molar-refractivity contribution is -0.118. The number of anilines is 1. The van der Waals surface area contributed by atoms with Gasteiger partial charge < -0.3 is 11.1 Å². The maximum Gasteiger partial charge on any atom is 0.216 e. The predicted molar refractivity (Wildman–Crippen MR) is 65.7 cm³/mol. The predicted octanol–water partition coefficient (Wildman–Crippen LogP) is 1.59. The summed E-state index contributed by atoms with van der Waals surface area (Å²) in [4.78, 5) is 10.6. The molecule has 0 radical (unpaired) electrons. The first-order chi connectivity index (χ1) is 8.00. The Balaban J connectivity index is 2.68. The van der Waals surface area contributed by atoms with Crippen molar-refractivity contribution in [1.82, 2.24) is 5.32 Å². The first-order valence-corrected chi connectivity index (χ1v) is 5.29. The monoisotopic (exact) mass is 234 g/mol. The quantitative estimate of drug-likeness (QED) is 0.464. The van der Waals surface area contributed by atoms with E-state index in [9.17, 15) is 9.18 Å². The van der Waals surface area contributed by atoms with Gasteiger partial charge in [-0.2, -0.15) is 0 Å². The van der Waals surface area contributed by atoms with Crippen molar-refractivity contribution in [2.45, 2.75) is 20.3 Å². The van der Waals surface area contributed by atoms with Gasteiger partial charge in [0.2, 0.25) is 5.91 Å². The zero-order valence-corrected chi connectivity index (χ0v) is 9.93. The molecular formula is C13H15FN2O. The highest BCUT2D eigenvalue weighted by Gasteiger charge is 2.02. The number of halogens is 1. The Hall–Kier alpha value is -2.02. The summed E-state index contributed by atoms with van der Waals surface area (Å²) < 4.78 is 13.1. The number of carbonyl (C=O) groups excluding carboxylic acids is 1. The van der Waals surface area contributed by atoms with Crippen LogP contribution in [0.15, 0.2) is 12.1 Å². The summed E-state index contributed by atoms with van der Waals surface area (Å²) in [5.41, 5.74) is 7.39. The number of rotatable bonds is 2. The maximum atomic E-state index is 13.1. The molecule has 0 aliphatic rings. The zero-order chi connectivity index (χ0) is 12.8. The van der Waals surface area contributed by atoms with E-state index < -0.39 is 0 Å². The van der Waals surface area contributed by atoms with Gasteiger partial charge in [0.1, 0.15) is 5.82 Å². The minimum atomic E-state index is -0.390. The molecule has 0 atom stereocenters. The summed E-state index contributed by atoms with van der Waals surface area (Å²) in [7, 11) is 0. The fourth-order valence-electron chi connectivity index (χ4n) is 1.29. The zero-order valence-electron chi connectivity index (χ0n) is 9.93. The second kappa shape index (κ2) is 5.90. The Labute approximate surface area is 100 Å². The van der Waals surface area contributed by atoms with Crippen molar-refractivity contribution in [3.63, 3.8) is 0 Å². The Bertz CT molecular complexity index is 486. The third-order valence-corrected chi connectivity index (χ3v) is 2.26. The molecule has 1 rings (SSSR count). The van der Waals surface area contributed by atoms with Gasteiger partial charge in [0.15, 0.2) is 0 Å². The number of nitrogens with one attached hydrogen (secondary N) is 1. The van der Waals surface area contributed by atoms with Crippen LogP contribution in [0.3, 0.4) is 0 Å². The van der Waals surface area contributed by atoms with E-state index >= 15 is 0 Å². The number of nitrogen functional groups attached to an aromatic ring is 1. The van der Waals surface area contributed by atoms with E-state index in [-0.39, 0.29) is 11.7 Å². The van der Waals surface area contributed by atoms with Gasteiger partial charge in [0, 0.05) is 31.1 Å². The van der Waals surface area contributed by atoms with Crippen molar-refractivity contribution in [1.29, 1.82) is 0 Å². The van der Waals surface area contributed by atoms with E-state index in [4.69, 9.17) is 5.73 Å². The van der Waals surface area contributed by atoms with Gasteiger partial charge in [0.25, 0.3) is 0 Å². The van der Waals surface area contributed by atoms with E-state index in [2.05, 4.69) is 17.2 Å². The van der Waals surface area contributed by atoms with E-state index in [1.54, 1.807) is 6.92 Å². The molecule has 1 aromatic carbocycles. The Morgan fingerprint density at radius 3 is 2.88 bits per heavy atom. The van der Waals surface area contributed by atoms with Crippen molar-refractivity contribution in [3.05, 3.63) is 29.1 Å². The van der Waals surface area contributed by atoms with Gasteiger partial charge in [-0.3, -0.25) is 4.79 Å². The van der Waals surface area contributed by atoms with Crippen molar-refractivity contribution in [2.75, 3.05) is 12.3 Å². The Morgan fingerprint density at radius 2 is 2.24 bits per heavy atom. The molecule has 0 saturated heterocycles. The molecule has 0 saturated carbocycles. The Morgan fingerprint density at radius 1 is 1.53 bits per heavy atom. The average molecular weight is 234 g/mol. The SMILES string of the molecule is CC(=O)NCCC#Cc1cc(F)cc(N)c1C. The van der Waals surface area contributed by atoms with Gasteiger partial charge in [0.05, 0.1) is 0 Å². The van der Waals surface area contributed by atoms with Crippen molar-refractivity contribution in [2.24, 2.45) is 0 Å². The first kappa shape index (κ1) is 13.0. The lowest BCUT2D eigenvalue weighted by Crippen LogP contribution is -2.20.